The molecule has 1 aliphatic heterocycles. The molecule has 6 nitrogen and oxygen atoms in total. The van der Waals surface area contributed by atoms with Crippen LogP contribution in [-0.4, -0.2) is 47.4 Å². The number of furan rings is 1. The van der Waals surface area contributed by atoms with Crippen LogP contribution in [0.4, 0.5) is 5.69 Å². The molecule has 1 aromatic carbocycles. The van der Waals surface area contributed by atoms with Crippen LogP contribution >= 0.6 is 11.8 Å². The lowest BCUT2D eigenvalue weighted by Gasteiger charge is -2.34. The van der Waals surface area contributed by atoms with E-state index >= 15 is 0 Å². The van der Waals surface area contributed by atoms with Gasteiger partial charge in [0.25, 0.3) is 5.91 Å². The van der Waals surface area contributed by atoms with Crippen LogP contribution in [0.1, 0.15) is 36.4 Å². The average molecular weight is 401 g/mol. The molecule has 28 heavy (non-hydrogen) atoms. The second-order valence-electron chi connectivity index (χ2n) is 6.65. The number of carbonyl (C=O) groups is 1. The van der Waals surface area contributed by atoms with E-state index in [0.29, 0.717) is 17.6 Å². The van der Waals surface area contributed by atoms with Gasteiger partial charge in [-0.2, -0.15) is 11.8 Å². The van der Waals surface area contributed by atoms with Crippen molar-refractivity contribution >= 4 is 29.3 Å². The molecule has 0 spiro atoms. The minimum atomic E-state index is -0.254. The van der Waals surface area contributed by atoms with E-state index in [0.717, 1.165) is 42.6 Å². The van der Waals surface area contributed by atoms with Gasteiger partial charge in [0.05, 0.1) is 12.8 Å². The highest BCUT2D eigenvalue weighted by molar-refractivity contribution is 8.00. The number of guanidine groups is 1. The summed E-state index contributed by atoms with van der Waals surface area (Å²) in [6, 6.07) is 11.1. The van der Waals surface area contributed by atoms with Crippen LogP contribution in [0.25, 0.3) is 0 Å². The van der Waals surface area contributed by atoms with Crippen molar-refractivity contribution in [2.45, 2.75) is 32.1 Å². The Morgan fingerprint density at radius 1 is 1.32 bits per heavy atom. The second kappa shape index (κ2) is 10.2. The first-order chi connectivity index (χ1) is 13.7. The second-order valence-corrected chi connectivity index (χ2v) is 8.06. The summed E-state index contributed by atoms with van der Waals surface area (Å²) in [4.78, 5) is 19.3. The van der Waals surface area contributed by atoms with Gasteiger partial charge >= 0.3 is 0 Å². The van der Waals surface area contributed by atoms with Crippen molar-refractivity contribution in [2.75, 3.05) is 30.7 Å². The van der Waals surface area contributed by atoms with Gasteiger partial charge in [-0.05, 0) is 43.2 Å². The first-order valence-corrected chi connectivity index (χ1v) is 10.8. The Morgan fingerprint density at radius 2 is 2.21 bits per heavy atom. The minimum Gasteiger partial charge on any atom is -0.459 e. The SMILES string of the molecule is CCNC(=NCc1cccc(NC(=O)c2ccco2)c1)N1CCSC(CC)C1. The maximum Gasteiger partial charge on any atom is 0.291 e. The van der Waals surface area contributed by atoms with Crippen LogP contribution in [0.2, 0.25) is 0 Å². The highest BCUT2D eigenvalue weighted by atomic mass is 32.2. The molecule has 1 unspecified atom stereocenters. The molecule has 0 saturated carbocycles. The van der Waals surface area contributed by atoms with Gasteiger partial charge in [0.1, 0.15) is 0 Å². The minimum absolute atomic E-state index is 0.254. The Kier molecular flexibility index (Phi) is 7.42. The zero-order valence-electron chi connectivity index (χ0n) is 16.5. The fourth-order valence-electron chi connectivity index (χ4n) is 3.10. The number of hydrogen-bond acceptors (Lipinski definition) is 4. The summed E-state index contributed by atoms with van der Waals surface area (Å²) in [5.41, 5.74) is 1.78. The summed E-state index contributed by atoms with van der Waals surface area (Å²) >= 11 is 2.05. The number of benzene rings is 1. The number of anilines is 1. The topological polar surface area (TPSA) is 69.9 Å². The van der Waals surface area contributed by atoms with E-state index < -0.39 is 0 Å². The van der Waals surface area contributed by atoms with Crippen molar-refractivity contribution in [1.82, 2.24) is 10.2 Å². The van der Waals surface area contributed by atoms with Crippen LogP contribution in [0.15, 0.2) is 52.1 Å². The van der Waals surface area contributed by atoms with Crippen LogP contribution < -0.4 is 10.6 Å². The van der Waals surface area contributed by atoms with Crippen molar-refractivity contribution in [3.05, 3.63) is 54.0 Å². The summed E-state index contributed by atoms with van der Waals surface area (Å²) in [5, 5.41) is 6.95. The highest BCUT2D eigenvalue weighted by Gasteiger charge is 2.21. The van der Waals surface area contributed by atoms with Crippen molar-refractivity contribution in [3.63, 3.8) is 0 Å². The predicted molar refractivity (Wildman–Crippen MR) is 116 cm³/mol. The summed E-state index contributed by atoms with van der Waals surface area (Å²) in [6.07, 6.45) is 2.67. The van der Waals surface area contributed by atoms with Gasteiger partial charge in [-0.25, -0.2) is 4.99 Å². The average Bonchev–Trinajstić information content (AvgIpc) is 3.26. The van der Waals surface area contributed by atoms with Crippen molar-refractivity contribution in [3.8, 4) is 0 Å². The lowest BCUT2D eigenvalue weighted by Crippen LogP contribution is -2.48. The molecule has 2 heterocycles. The molecule has 2 N–H and O–H groups in total. The fraction of sp³-hybridized carbons (Fsp3) is 0.429. The number of carbonyl (C=O) groups excluding carboxylic acids is 1. The smallest absolute Gasteiger partial charge is 0.291 e. The van der Waals surface area contributed by atoms with E-state index in [9.17, 15) is 4.79 Å². The molecule has 1 fully saturated rings. The van der Waals surface area contributed by atoms with Gasteiger partial charge in [0.2, 0.25) is 0 Å². The predicted octanol–water partition coefficient (Wildman–Crippen LogP) is 3.82. The monoisotopic (exact) mass is 400 g/mol. The summed E-state index contributed by atoms with van der Waals surface area (Å²) in [7, 11) is 0. The number of amides is 1. The van der Waals surface area contributed by atoms with E-state index in [2.05, 4.69) is 41.1 Å². The molecule has 3 rings (SSSR count). The van der Waals surface area contributed by atoms with E-state index in [4.69, 9.17) is 9.41 Å². The molecule has 1 atom stereocenters. The lowest BCUT2D eigenvalue weighted by atomic mass is 10.2. The van der Waals surface area contributed by atoms with Crippen LogP contribution in [0.3, 0.4) is 0 Å². The summed E-state index contributed by atoms with van der Waals surface area (Å²) in [5.74, 6) is 2.14. The number of rotatable bonds is 6. The zero-order chi connectivity index (χ0) is 19.8. The quantitative estimate of drug-likeness (QED) is 0.570. The molecule has 2 aromatic rings. The van der Waals surface area contributed by atoms with Crippen LogP contribution in [-0.2, 0) is 6.54 Å². The molecular formula is C21H28N4O2S. The maximum atomic E-state index is 12.2. The maximum absolute atomic E-state index is 12.2. The molecule has 0 bridgehead atoms. The van der Waals surface area contributed by atoms with Crippen molar-refractivity contribution in [2.24, 2.45) is 4.99 Å². The number of thioether (sulfide) groups is 1. The molecule has 0 radical (unpaired) electrons. The highest BCUT2D eigenvalue weighted by Crippen LogP contribution is 2.21. The van der Waals surface area contributed by atoms with E-state index in [1.54, 1.807) is 12.1 Å². The largest absolute Gasteiger partial charge is 0.459 e. The van der Waals surface area contributed by atoms with Crippen molar-refractivity contribution < 1.29 is 9.21 Å². The lowest BCUT2D eigenvalue weighted by molar-refractivity contribution is 0.0996. The Balaban J connectivity index is 1.66. The number of nitrogens with zero attached hydrogens (tertiary/aromatic N) is 2. The molecule has 0 aliphatic carbocycles. The normalized spacial score (nSPS) is 17.4. The fourth-order valence-corrected chi connectivity index (χ4v) is 4.28. The third-order valence-corrected chi connectivity index (χ3v) is 5.94. The summed E-state index contributed by atoms with van der Waals surface area (Å²) in [6.45, 7) is 7.80. The Bertz CT molecular complexity index is 791. The third-order valence-electron chi connectivity index (χ3n) is 4.57. The van der Waals surface area contributed by atoms with Gasteiger partial charge < -0.3 is 20.0 Å². The van der Waals surface area contributed by atoms with Gasteiger partial charge in [-0.1, -0.05) is 19.1 Å². The van der Waals surface area contributed by atoms with E-state index in [-0.39, 0.29) is 5.91 Å². The zero-order valence-corrected chi connectivity index (χ0v) is 17.3. The van der Waals surface area contributed by atoms with Gasteiger partial charge in [-0.15, -0.1) is 0 Å². The molecule has 7 heteroatoms. The molecule has 1 aromatic heterocycles. The Hall–Kier alpha value is -2.41. The van der Waals surface area contributed by atoms with Crippen LogP contribution in [0, 0.1) is 0 Å². The molecular weight excluding hydrogens is 372 g/mol. The molecule has 1 amide bonds. The summed E-state index contributed by atoms with van der Waals surface area (Å²) < 4.78 is 5.14. The number of aliphatic imine (C=N–C) groups is 1. The van der Waals surface area contributed by atoms with E-state index in [1.165, 1.54) is 12.7 Å². The Morgan fingerprint density at radius 3 is 2.96 bits per heavy atom. The van der Waals surface area contributed by atoms with Gasteiger partial charge in [0.15, 0.2) is 11.7 Å². The van der Waals surface area contributed by atoms with Crippen LogP contribution in [0.5, 0.6) is 0 Å². The first-order valence-electron chi connectivity index (χ1n) is 9.78. The molecule has 150 valence electrons. The number of hydrogen-bond donors (Lipinski definition) is 2. The first kappa shape index (κ1) is 20.3. The molecule has 1 aliphatic rings. The molecule has 1 saturated heterocycles. The van der Waals surface area contributed by atoms with Crippen molar-refractivity contribution in [1.29, 1.82) is 0 Å². The Labute approximate surface area is 170 Å². The van der Waals surface area contributed by atoms with E-state index in [1.807, 2.05) is 24.3 Å². The standard InChI is InChI=1S/C21H28N4O2S/c1-3-18-15-25(10-12-28-18)21(22-4-2)23-14-16-7-5-8-17(13-16)24-20(26)19-9-6-11-27-19/h5-9,11,13,18H,3-4,10,12,14-15H2,1-2H3,(H,22,23)(H,24,26). The third kappa shape index (κ3) is 5.55. The van der Waals surface area contributed by atoms with Gasteiger partial charge in [-0.3, -0.25) is 4.79 Å². The van der Waals surface area contributed by atoms with Gasteiger partial charge in [0, 0.05) is 36.3 Å². The number of nitrogens with one attached hydrogen (secondary N) is 2.